The second-order valence-corrected chi connectivity index (χ2v) is 2.08. The number of nitrogens with two attached hydrogens (primary N) is 1. The molecule has 58 valence electrons. The maximum atomic E-state index is 10.1. The first kappa shape index (κ1) is 9.17. The zero-order valence-corrected chi connectivity index (χ0v) is 6.08. The largest absolute Gasteiger partial charge is 0.480 e. The fourth-order valence-corrected chi connectivity index (χ4v) is 0.492. The standard InChI is InChI=1S/C7H13NO2/c1-2-3-4-5-6(8)7(9)10/h4-6H,2-3,8H2,1H3,(H,9,10)/b5-4-. The normalized spacial score (nSPS) is 13.8. The van der Waals surface area contributed by atoms with Crippen LogP contribution in [0.5, 0.6) is 0 Å². The van der Waals surface area contributed by atoms with E-state index in [1.165, 1.54) is 6.08 Å². The molecule has 0 fully saturated rings. The molecule has 0 aromatic rings. The summed E-state index contributed by atoms with van der Waals surface area (Å²) in [5.74, 6) is -0.979. The Morgan fingerprint density at radius 3 is 2.80 bits per heavy atom. The third-order valence-corrected chi connectivity index (χ3v) is 1.08. The molecule has 1 unspecified atom stereocenters. The van der Waals surface area contributed by atoms with Crippen molar-refractivity contribution < 1.29 is 9.90 Å². The summed E-state index contributed by atoms with van der Waals surface area (Å²) in [6.07, 6.45) is 5.20. The van der Waals surface area contributed by atoms with Gasteiger partial charge in [0.05, 0.1) is 0 Å². The summed E-state index contributed by atoms with van der Waals surface area (Å²) in [5.41, 5.74) is 5.17. The van der Waals surface area contributed by atoms with E-state index in [9.17, 15) is 4.79 Å². The summed E-state index contributed by atoms with van der Waals surface area (Å²) in [4.78, 5) is 10.1. The van der Waals surface area contributed by atoms with Gasteiger partial charge in [0.15, 0.2) is 0 Å². The van der Waals surface area contributed by atoms with Crippen LogP contribution in [-0.4, -0.2) is 17.1 Å². The highest BCUT2D eigenvalue weighted by Crippen LogP contribution is 1.90. The SMILES string of the molecule is CCC/C=C\C(N)C(=O)O. The summed E-state index contributed by atoms with van der Waals surface area (Å²) < 4.78 is 0. The average molecular weight is 143 g/mol. The molecule has 0 saturated carbocycles. The summed E-state index contributed by atoms with van der Waals surface area (Å²) in [7, 11) is 0. The molecule has 0 aromatic heterocycles. The van der Waals surface area contributed by atoms with Gasteiger partial charge in [-0.2, -0.15) is 0 Å². The van der Waals surface area contributed by atoms with Gasteiger partial charge in [-0.1, -0.05) is 25.5 Å². The molecule has 0 rings (SSSR count). The second-order valence-electron chi connectivity index (χ2n) is 2.08. The number of aliphatic carboxylic acids is 1. The van der Waals surface area contributed by atoms with E-state index in [1.54, 1.807) is 6.08 Å². The maximum Gasteiger partial charge on any atom is 0.324 e. The van der Waals surface area contributed by atoms with Crippen molar-refractivity contribution in [2.24, 2.45) is 5.73 Å². The van der Waals surface area contributed by atoms with E-state index in [1.807, 2.05) is 6.92 Å². The van der Waals surface area contributed by atoms with Crippen molar-refractivity contribution in [2.45, 2.75) is 25.8 Å². The highest BCUT2D eigenvalue weighted by atomic mass is 16.4. The minimum Gasteiger partial charge on any atom is -0.480 e. The average Bonchev–Trinajstić information content (AvgIpc) is 1.88. The van der Waals surface area contributed by atoms with Crippen molar-refractivity contribution in [2.75, 3.05) is 0 Å². The van der Waals surface area contributed by atoms with E-state index in [-0.39, 0.29) is 0 Å². The van der Waals surface area contributed by atoms with Gasteiger partial charge in [0.2, 0.25) is 0 Å². The fourth-order valence-electron chi connectivity index (χ4n) is 0.492. The number of carboxylic acid groups (broad SMARTS) is 1. The lowest BCUT2D eigenvalue weighted by molar-refractivity contribution is -0.137. The van der Waals surface area contributed by atoms with Gasteiger partial charge in [-0.05, 0) is 6.42 Å². The van der Waals surface area contributed by atoms with Crippen LogP contribution in [0.25, 0.3) is 0 Å². The van der Waals surface area contributed by atoms with E-state index in [4.69, 9.17) is 10.8 Å². The Morgan fingerprint density at radius 2 is 2.40 bits per heavy atom. The molecule has 0 spiro atoms. The zero-order valence-electron chi connectivity index (χ0n) is 6.08. The summed E-state index contributed by atoms with van der Waals surface area (Å²) >= 11 is 0. The number of carbonyl (C=O) groups is 1. The van der Waals surface area contributed by atoms with Crippen molar-refractivity contribution in [1.82, 2.24) is 0 Å². The van der Waals surface area contributed by atoms with Crippen molar-refractivity contribution in [3.05, 3.63) is 12.2 Å². The van der Waals surface area contributed by atoms with E-state index in [0.717, 1.165) is 12.8 Å². The smallest absolute Gasteiger partial charge is 0.324 e. The topological polar surface area (TPSA) is 63.3 Å². The molecule has 1 atom stereocenters. The second kappa shape index (κ2) is 4.99. The Hall–Kier alpha value is -0.830. The van der Waals surface area contributed by atoms with Crippen molar-refractivity contribution in [3.63, 3.8) is 0 Å². The summed E-state index contributed by atoms with van der Waals surface area (Å²) in [6.45, 7) is 2.02. The summed E-state index contributed by atoms with van der Waals surface area (Å²) in [6, 6.07) is -0.841. The monoisotopic (exact) mass is 143 g/mol. The van der Waals surface area contributed by atoms with E-state index >= 15 is 0 Å². The number of unbranched alkanes of at least 4 members (excludes halogenated alkanes) is 1. The van der Waals surface area contributed by atoms with Crippen molar-refractivity contribution >= 4 is 5.97 Å². The van der Waals surface area contributed by atoms with Gasteiger partial charge in [-0.3, -0.25) is 4.79 Å². The Morgan fingerprint density at radius 1 is 1.80 bits per heavy atom. The van der Waals surface area contributed by atoms with Gasteiger partial charge < -0.3 is 10.8 Å². The third-order valence-electron chi connectivity index (χ3n) is 1.08. The molecule has 0 aromatic carbocycles. The lowest BCUT2D eigenvalue weighted by Gasteiger charge is -1.96. The molecule has 0 aliphatic heterocycles. The minimum absolute atomic E-state index is 0.841. The number of allylic oxidation sites excluding steroid dienone is 1. The minimum atomic E-state index is -0.979. The van der Waals surface area contributed by atoms with Gasteiger partial charge in [0, 0.05) is 0 Å². The molecule has 0 heterocycles. The van der Waals surface area contributed by atoms with Crippen LogP contribution in [0.4, 0.5) is 0 Å². The van der Waals surface area contributed by atoms with Gasteiger partial charge in [-0.15, -0.1) is 0 Å². The van der Waals surface area contributed by atoms with Gasteiger partial charge in [0.25, 0.3) is 0 Å². The van der Waals surface area contributed by atoms with Crippen LogP contribution in [0.3, 0.4) is 0 Å². The molecule has 0 saturated heterocycles. The predicted molar refractivity (Wildman–Crippen MR) is 39.7 cm³/mol. The van der Waals surface area contributed by atoms with Crippen molar-refractivity contribution in [3.8, 4) is 0 Å². The number of carboxylic acids is 1. The van der Waals surface area contributed by atoms with Crippen LogP contribution < -0.4 is 5.73 Å². The molecule has 0 aliphatic carbocycles. The number of hydrogen-bond acceptors (Lipinski definition) is 2. The first-order chi connectivity index (χ1) is 4.68. The van der Waals surface area contributed by atoms with Crippen LogP contribution in [0.1, 0.15) is 19.8 Å². The first-order valence-corrected chi connectivity index (χ1v) is 3.33. The first-order valence-electron chi connectivity index (χ1n) is 3.33. The van der Waals surface area contributed by atoms with Crippen LogP contribution in [0.15, 0.2) is 12.2 Å². The lowest BCUT2D eigenvalue weighted by atomic mass is 10.2. The molecule has 3 N–H and O–H groups in total. The fraction of sp³-hybridized carbons (Fsp3) is 0.571. The Bertz CT molecular complexity index is 132. The van der Waals surface area contributed by atoms with Gasteiger partial charge in [0.1, 0.15) is 6.04 Å². The van der Waals surface area contributed by atoms with Crippen LogP contribution in [0, 0.1) is 0 Å². The Kier molecular flexibility index (Phi) is 4.58. The molecule has 3 heteroatoms. The molecule has 3 nitrogen and oxygen atoms in total. The van der Waals surface area contributed by atoms with Gasteiger partial charge >= 0.3 is 5.97 Å². The molecule has 0 amide bonds. The predicted octanol–water partition coefficient (Wildman–Crippen LogP) is 0.755. The summed E-state index contributed by atoms with van der Waals surface area (Å²) in [5, 5.41) is 8.31. The quantitative estimate of drug-likeness (QED) is 0.571. The van der Waals surface area contributed by atoms with Crippen LogP contribution >= 0.6 is 0 Å². The molecular formula is C7H13NO2. The van der Waals surface area contributed by atoms with Crippen molar-refractivity contribution in [1.29, 1.82) is 0 Å². The molecule has 0 radical (unpaired) electrons. The maximum absolute atomic E-state index is 10.1. The van der Waals surface area contributed by atoms with E-state index < -0.39 is 12.0 Å². The highest BCUT2D eigenvalue weighted by molar-refractivity contribution is 5.75. The number of rotatable bonds is 4. The molecule has 0 bridgehead atoms. The molecule has 0 aliphatic rings. The van der Waals surface area contributed by atoms with E-state index in [0.29, 0.717) is 0 Å². The highest BCUT2D eigenvalue weighted by Gasteiger charge is 2.04. The Balaban J connectivity index is 3.55. The zero-order chi connectivity index (χ0) is 7.98. The van der Waals surface area contributed by atoms with Crippen LogP contribution in [0.2, 0.25) is 0 Å². The number of hydrogen-bond donors (Lipinski definition) is 2. The van der Waals surface area contributed by atoms with Crippen LogP contribution in [-0.2, 0) is 4.79 Å². The third kappa shape index (κ3) is 4.09. The Labute approximate surface area is 60.5 Å². The molecule has 10 heavy (non-hydrogen) atoms. The lowest BCUT2D eigenvalue weighted by Crippen LogP contribution is -2.27. The van der Waals surface area contributed by atoms with E-state index in [2.05, 4.69) is 0 Å². The van der Waals surface area contributed by atoms with Gasteiger partial charge in [-0.25, -0.2) is 0 Å². The molecular weight excluding hydrogens is 130 g/mol.